The van der Waals surface area contributed by atoms with Crippen LogP contribution in [0.5, 0.6) is 17.2 Å². The van der Waals surface area contributed by atoms with Gasteiger partial charge in [-0.15, -0.1) is 0 Å². The Hall–Kier alpha value is -2.60. The van der Waals surface area contributed by atoms with Gasteiger partial charge in [-0.2, -0.15) is 0 Å². The number of ether oxygens (including phenoxy) is 3. The molecule has 0 saturated carbocycles. The number of methoxy groups -OCH3 is 3. The van der Waals surface area contributed by atoms with E-state index < -0.39 is 0 Å². The smallest absolute Gasteiger partial charge is 0.203 e. The summed E-state index contributed by atoms with van der Waals surface area (Å²) in [6.07, 6.45) is 2.25. The second-order valence-corrected chi connectivity index (χ2v) is 5.11. The second-order valence-electron chi connectivity index (χ2n) is 5.11. The van der Waals surface area contributed by atoms with Gasteiger partial charge in [-0.25, -0.2) is 0 Å². The van der Waals surface area contributed by atoms with Crippen LogP contribution >= 0.6 is 0 Å². The first-order valence-electron chi connectivity index (χ1n) is 7.62. The van der Waals surface area contributed by atoms with E-state index >= 15 is 0 Å². The summed E-state index contributed by atoms with van der Waals surface area (Å²) in [7, 11) is 4.78. The molecule has 0 aromatic heterocycles. The maximum atomic E-state index is 5.34. The molecule has 0 fully saturated rings. The molecule has 120 valence electrons. The van der Waals surface area contributed by atoms with Crippen LogP contribution in [0.1, 0.15) is 30.0 Å². The molecule has 0 atom stereocenters. The van der Waals surface area contributed by atoms with Crippen LogP contribution in [0.15, 0.2) is 36.4 Å². The molecule has 3 nitrogen and oxygen atoms in total. The minimum absolute atomic E-state index is 0.574. The Balaban J connectivity index is 2.30. The molecule has 2 aromatic rings. The Kier molecular flexibility index (Phi) is 5.94. The molecular weight excluding hydrogens is 288 g/mol. The van der Waals surface area contributed by atoms with E-state index in [2.05, 4.69) is 43.0 Å². The van der Waals surface area contributed by atoms with Gasteiger partial charge in [0, 0.05) is 11.1 Å². The molecular formula is C20H22O3. The Morgan fingerprint density at radius 2 is 1.35 bits per heavy atom. The van der Waals surface area contributed by atoms with Crippen molar-refractivity contribution in [1.29, 1.82) is 0 Å². The van der Waals surface area contributed by atoms with E-state index in [0.717, 1.165) is 24.0 Å². The maximum Gasteiger partial charge on any atom is 0.203 e. The van der Waals surface area contributed by atoms with E-state index in [1.807, 2.05) is 12.1 Å². The summed E-state index contributed by atoms with van der Waals surface area (Å²) in [5.41, 5.74) is 3.14. The number of hydrogen-bond donors (Lipinski definition) is 0. The van der Waals surface area contributed by atoms with Gasteiger partial charge >= 0.3 is 0 Å². The molecule has 0 N–H and O–H groups in total. The van der Waals surface area contributed by atoms with E-state index in [9.17, 15) is 0 Å². The minimum Gasteiger partial charge on any atom is -0.493 e. The van der Waals surface area contributed by atoms with Crippen molar-refractivity contribution in [3.8, 4) is 29.1 Å². The standard InChI is InChI=1S/C20H22O3/c1-5-6-15-7-9-16(10-8-15)11-12-17-13-18(21-2)20(23-4)19(14-17)22-3/h7-10,13-14H,5-6H2,1-4H3. The molecule has 3 heteroatoms. The molecule has 0 aliphatic heterocycles. The fraction of sp³-hybridized carbons (Fsp3) is 0.300. The van der Waals surface area contributed by atoms with E-state index in [-0.39, 0.29) is 0 Å². The van der Waals surface area contributed by atoms with Crippen molar-refractivity contribution in [3.05, 3.63) is 53.1 Å². The van der Waals surface area contributed by atoms with Gasteiger partial charge in [0.05, 0.1) is 21.3 Å². The van der Waals surface area contributed by atoms with Crippen molar-refractivity contribution in [2.45, 2.75) is 19.8 Å². The molecule has 0 spiro atoms. The third kappa shape index (κ3) is 4.20. The fourth-order valence-corrected chi connectivity index (χ4v) is 2.34. The third-order valence-corrected chi connectivity index (χ3v) is 3.51. The first kappa shape index (κ1) is 16.8. The molecule has 0 aliphatic carbocycles. The summed E-state index contributed by atoms with van der Waals surface area (Å²) in [6, 6.07) is 12.1. The van der Waals surface area contributed by atoms with E-state index in [1.165, 1.54) is 5.56 Å². The van der Waals surface area contributed by atoms with Crippen LogP contribution in [0.2, 0.25) is 0 Å². The van der Waals surface area contributed by atoms with Crippen LogP contribution in [0.25, 0.3) is 0 Å². The number of rotatable bonds is 5. The van der Waals surface area contributed by atoms with Crippen LogP contribution < -0.4 is 14.2 Å². The Bertz CT molecular complexity index is 681. The van der Waals surface area contributed by atoms with Crippen LogP contribution in [0.4, 0.5) is 0 Å². The second kappa shape index (κ2) is 8.14. The molecule has 0 aliphatic rings. The van der Waals surface area contributed by atoms with Crippen molar-refractivity contribution in [2.24, 2.45) is 0 Å². The molecule has 0 radical (unpaired) electrons. The van der Waals surface area contributed by atoms with Gasteiger partial charge in [0.1, 0.15) is 0 Å². The van der Waals surface area contributed by atoms with Gasteiger partial charge < -0.3 is 14.2 Å². The highest BCUT2D eigenvalue weighted by atomic mass is 16.5. The zero-order chi connectivity index (χ0) is 16.7. The lowest BCUT2D eigenvalue weighted by molar-refractivity contribution is 0.324. The van der Waals surface area contributed by atoms with Crippen LogP contribution in [-0.4, -0.2) is 21.3 Å². The average molecular weight is 310 g/mol. The molecule has 2 aromatic carbocycles. The van der Waals surface area contributed by atoms with Crippen LogP contribution in [-0.2, 0) is 6.42 Å². The van der Waals surface area contributed by atoms with Crippen LogP contribution in [0.3, 0.4) is 0 Å². The highest BCUT2D eigenvalue weighted by molar-refractivity contribution is 5.58. The van der Waals surface area contributed by atoms with Gasteiger partial charge in [0.15, 0.2) is 11.5 Å². The summed E-state index contributed by atoms with van der Waals surface area (Å²) in [6.45, 7) is 2.18. The predicted octanol–water partition coefficient (Wildman–Crippen LogP) is 4.06. The molecule has 0 amide bonds. The SMILES string of the molecule is CCCc1ccc(C#Cc2cc(OC)c(OC)c(OC)c2)cc1. The topological polar surface area (TPSA) is 27.7 Å². The first-order chi connectivity index (χ1) is 11.2. The van der Waals surface area contributed by atoms with Gasteiger partial charge in [-0.1, -0.05) is 37.3 Å². The summed E-state index contributed by atoms with van der Waals surface area (Å²) in [5.74, 6) is 8.10. The van der Waals surface area contributed by atoms with E-state index in [0.29, 0.717) is 17.2 Å². The molecule has 0 saturated heterocycles. The zero-order valence-corrected chi connectivity index (χ0v) is 14.1. The van der Waals surface area contributed by atoms with Gasteiger partial charge in [-0.05, 0) is 36.2 Å². The lowest BCUT2D eigenvalue weighted by Crippen LogP contribution is -1.95. The average Bonchev–Trinajstić information content (AvgIpc) is 2.60. The van der Waals surface area contributed by atoms with E-state index in [1.54, 1.807) is 21.3 Å². The molecule has 0 bridgehead atoms. The highest BCUT2D eigenvalue weighted by Gasteiger charge is 2.12. The Morgan fingerprint density at radius 3 is 1.83 bits per heavy atom. The highest BCUT2D eigenvalue weighted by Crippen LogP contribution is 2.37. The van der Waals surface area contributed by atoms with Crippen molar-refractivity contribution >= 4 is 0 Å². The van der Waals surface area contributed by atoms with Crippen LogP contribution in [0, 0.1) is 11.8 Å². The van der Waals surface area contributed by atoms with Crippen molar-refractivity contribution in [2.75, 3.05) is 21.3 Å². The van der Waals surface area contributed by atoms with E-state index in [4.69, 9.17) is 14.2 Å². The first-order valence-corrected chi connectivity index (χ1v) is 7.62. The number of hydrogen-bond acceptors (Lipinski definition) is 3. The summed E-state index contributed by atoms with van der Waals surface area (Å²) >= 11 is 0. The molecule has 23 heavy (non-hydrogen) atoms. The summed E-state index contributed by atoms with van der Waals surface area (Å²) in [4.78, 5) is 0. The molecule has 2 rings (SSSR count). The molecule has 0 heterocycles. The lowest BCUT2D eigenvalue weighted by Gasteiger charge is -2.12. The van der Waals surface area contributed by atoms with Crippen molar-refractivity contribution in [1.82, 2.24) is 0 Å². The molecule has 0 unspecified atom stereocenters. The third-order valence-electron chi connectivity index (χ3n) is 3.51. The minimum atomic E-state index is 0.574. The Labute approximate surface area is 138 Å². The fourth-order valence-electron chi connectivity index (χ4n) is 2.34. The van der Waals surface area contributed by atoms with Gasteiger partial charge in [0.25, 0.3) is 0 Å². The monoisotopic (exact) mass is 310 g/mol. The number of aryl methyl sites for hydroxylation is 1. The number of benzene rings is 2. The van der Waals surface area contributed by atoms with Gasteiger partial charge in [-0.3, -0.25) is 0 Å². The Morgan fingerprint density at radius 1 is 0.783 bits per heavy atom. The summed E-state index contributed by atoms with van der Waals surface area (Å²) < 4.78 is 16.0. The summed E-state index contributed by atoms with van der Waals surface area (Å²) in [5, 5.41) is 0. The maximum absolute atomic E-state index is 5.34. The van der Waals surface area contributed by atoms with Crippen molar-refractivity contribution in [3.63, 3.8) is 0 Å². The largest absolute Gasteiger partial charge is 0.493 e. The van der Waals surface area contributed by atoms with Gasteiger partial charge in [0.2, 0.25) is 5.75 Å². The zero-order valence-electron chi connectivity index (χ0n) is 14.1. The quantitative estimate of drug-likeness (QED) is 0.779. The van der Waals surface area contributed by atoms with Crippen molar-refractivity contribution < 1.29 is 14.2 Å². The predicted molar refractivity (Wildman–Crippen MR) is 92.5 cm³/mol. The normalized spacial score (nSPS) is 9.74. The lowest BCUT2D eigenvalue weighted by atomic mass is 10.1.